The fourth-order valence-electron chi connectivity index (χ4n) is 2.93. The van der Waals surface area contributed by atoms with Crippen LogP contribution in [0.5, 0.6) is 0 Å². The zero-order valence-electron chi connectivity index (χ0n) is 12.3. The van der Waals surface area contributed by atoms with E-state index in [1.807, 2.05) is 6.92 Å². The van der Waals surface area contributed by atoms with Crippen molar-refractivity contribution >= 4 is 17.8 Å². The molecule has 118 valence electrons. The van der Waals surface area contributed by atoms with Crippen LogP contribution in [-0.2, 0) is 19.1 Å². The van der Waals surface area contributed by atoms with Gasteiger partial charge in [-0.1, -0.05) is 0 Å². The lowest BCUT2D eigenvalue weighted by Gasteiger charge is -2.33. The van der Waals surface area contributed by atoms with Crippen LogP contribution in [0, 0.1) is 5.92 Å². The molecule has 7 nitrogen and oxygen atoms in total. The van der Waals surface area contributed by atoms with E-state index in [-0.39, 0.29) is 30.4 Å². The second-order valence-electron chi connectivity index (χ2n) is 5.56. The van der Waals surface area contributed by atoms with Gasteiger partial charge >= 0.3 is 5.97 Å². The average Bonchev–Trinajstić information content (AvgIpc) is 2.86. The van der Waals surface area contributed by atoms with Crippen LogP contribution >= 0.6 is 0 Å². The molecule has 0 aromatic heterocycles. The monoisotopic (exact) mass is 298 g/mol. The zero-order chi connectivity index (χ0) is 15.4. The molecule has 0 spiro atoms. The molecular formula is C14H22N2O5. The third-order valence-corrected chi connectivity index (χ3v) is 4.14. The maximum atomic E-state index is 12.4. The Morgan fingerprint density at radius 1 is 1.33 bits per heavy atom. The van der Waals surface area contributed by atoms with E-state index in [0.29, 0.717) is 45.4 Å². The number of nitrogens with zero attached hydrogens (tertiary/aromatic N) is 2. The van der Waals surface area contributed by atoms with E-state index in [9.17, 15) is 14.4 Å². The van der Waals surface area contributed by atoms with Crippen LogP contribution in [0.3, 0.4) is 0 Å². The molecule has 1 unspecified atom stereocenters. The van der Waals surface area contributed by atoms with Crippen LogP contribution in [0.25, 0.3) is 0 Å². The van der Waals surface area contributed by atoms with Gasteiger partial charge < -0.3 is 19.6 Å². The topological polar surface area (TPSA) is 87.2 Å². The highest BCUT2D eigenvalue weighted by atomic mass is 16.5. The lowest BCUT2D eigenvalue weighted by atomic mass is 10.0. The standard InChI is InChI=1S/C14H22N2O5/c1-2-15-8-10(7-12(15)17)14(20)16-5-3-11(4-6-16)21-9-13(18)19/h10-11H,2-9H2,1H3,(H,18,19). The third-order valence-electron chi connectivity index (χ3n) is 4.14. The molecule has 2 fully saturated rings. The van der Waals surface area contributed by atoms with Gasteiger partial charge in [0.2, 0.25) is 11.8 Å². The van der Waals surface area contributed by atoms with Gasteiger partial charge in [-0.2, -0.15) is 0 Å². The van der Waals surface area contributed by atoms with Crippen molar-refractivity contribution in [1.82, 2.24) is 9.80 Å². The van der Waals surface area contributed by atoms with Gasteiger partial charge in [-0.05, 0) is 19.8 Å². The van der Waals surface area contributed by atoms with Crippen molar-refractivity contribution in [2.75, 3.05) is 32.8 Å². The summed E-state index contributed by atoms with van der Waals surface area (Å²) in [6.07, 6.45) is 1.51. The maximum Gasteiger partial charge on any atom is 0.329 e. The number of carboxylic acid groups (broad SMARTS) is 1. The minimum atomic E-state index is -0.974. The molecule has 2 aliphatic heterocycles. The van der Waals surface area contributed by atoms with Crippen LogP contribution in [-0.4, -0.2) is 71.6 Å². The number of likely N-dealkylation sites (tertiary alicyclic amines) is 2. The normalized spacial score (nSPS) is 23.7. The summed E-state index contributed by atoms with van der Waals surface area (Å²) >= 11 is 0. The van der Waals surface area contributed by atoms with Crippen molar-refractivity contribution in [1.29, 1.82) is 0 Å². The zero-order valence-corrected chi connectivity index (χ0v) is 12.3. The fraction of sp³-hybridized carbons (Fsp3) is 0.786. The lowest BCUT2D eigenvalue weighted by molar-refractivity contribution is -0.147. The molecule has 0 saturated carbocycles. The van der Waals surface area contributed by atoms with Crippen LogP contribution in [0.1, 0.15) is 26.2 Å². The third kappa shape index (κ3) is 3.93. The molecule has 0 aromatic carbocycles. The van der Waals surface area contributed by atoms with E-state index < -0.39 is 5.97 Å². The summed E-state index contributed by atoms with van der Waals surface area (Å²) in [6.45, 7) is 3.93. The molecule has 7 heteroatoms. The van der Waals surface area contributed by atoms with Gasteiger partial charge in [-0.3, -0.25) is 9.59 Å². The molecule has 0 aromatic rings. The first-order valence-corrected chi connectivity index (χ1v) is 7.41. The Morgan fingerprint density at radius 3 is 2.52 bits per heavy atom. The minimum absolute atomic E-state index is 0.0379. The Bertz CT molecular complexity index is 418. The van der Waals surface area contributed by atoms with Gasteiger partial charge in [-0.25, -0.2) is 4.79 Å². The van der Waals surface area contributed by atoms with Gasteiger partial charge in [-0.15, -0.1) is 0 Å². The Hall–Kier alpha value is -1.63. The first-order valence-electron chi connectivity index (χ1n) is 7.41. The summed E-state index contributed by atoms with van der Waals surface area (Å²) in [6, 6.07) is 0. The van der Waals surface area contributed by atoms with E-state index in [1.54, 1.807) is 9.80 Å². The summed E-state index contributed by atoms with van der Waals surface area (Å²) in [5.41, 5.74) is 0. The van der Waals surface area contributed by atoms with Crippen LogP contribution in [0.2, 0.25) is 0 Å². The summed E-state index contributed by atoms with van der Waals surface area (Å²) in [7, 11) is 0. The number of piperidine rings is 1. The first-order chi connectivity index (χ1) is 10.0. The molecule has 2 saturated heterocycles. The van der Waals surface area contributed by atoms with E-state index in [1.165, 1.54) is 0 Å². The van der Waals surface area contributed by atoms with Gasteiger partial charge in [0.15, 0.2) is 0 Å². The second kappa shape index (κ2) is 6.89. The van der Waals surface area contributed by atoms with Crippen LogP contribution in [0.4, 0.5) is 0 Å². The van der Waals surface area contributed by atoms with E-state index in [4.69, 9.17) is 9.84 Å². The van der Waals surface area contributed by atoms with Crippen molar-refractivity contribution in [3.63, 3.8) is 0 Å². The number of hydrogen-bond acceptors (Lipinski definition) is 4. The highest BCUT2D eigenvalue weighted by Crippen LogP contribution is 2.22. The van der Waals surface area contributed by atoms with Gasteiger partial charge in [0.05, 0.1) is 12.0 Å². The minimum Gasteiger partial charge on any atom is -0.480 e. The van der Waals surface area contributed by atoms with E-state index >= 15 is 0 Å². The van der Waals surface area contributed by atoms with Crippen molar-refractivity contribution in [3.05, 3.63) is 0 Å². The maximum absolute atomic E-state index is 12.4. The Balaban J connectivity index is 1.78. The van der Waals surface area contributed by atoms with Crippen LogP contribution < -0.4 is 0 Å². The Kier molecular flexibility index (Phi) is 5.17. The number of carbonyl (C=O) groups excluding carboxylic acids is 2. The molecule has 2 aliphatic rings. The first kappa shape index (κ1) is 15.8. The quantitative estimate of drug-likeness (QED) is 0.769. The number of carboxylic acids is 1. The van der Waals surface area contributed by atoms with Gasteiger partial charge in [0.25, 0.3) is 0 Å². The summed E-state index contributed by atoms with van der Waals surface area (Å²) in [5.74, 6) is -1.11. The summed E-state index contributed by atoms with van der Waals surface area (Å²) in [5, 5.41) is 8.57. The van der Waals surface area contributed by atoms with Crippen molar-refractivity contribution < 1.29 is 24.2 Å². The molecule has 1 atom stereocenters. The average molecular weight is 298 g/mol. The van der Waals surface area contributed by atoms with Gasteiger partial charge in [0.1, 0.15) is 6.61 Å². The highest BCUT2D eigenvalue weighted by molar-refractivity contribution is 5.89. The molecule has 1 N–H and O–H groups in total. The van der Waals surface area contributed by atoms with Gasteiger partial charge in [0, 0.05) is 32.6 Å². The SMILES string of the molecule is CCN1CC(C(=O)N2CCC(OCC(=O)O)CC2)CC1=O. The van der Waals surface area contributed by atoms with Crippen molar-refractivity contribution in [2.24, 2.45) is 5.92 Å². The molecule has 21 heavy (non-hydrogen) atoms. The van der Waals surface area contributed by atoms with Crippen molar-refractivity contribution in [2.45, 2.75) is 32.3 Å². The van der Waals surface area contributed by atoms with E-state index in [0.717, 1.165) is 0 Å². The Labute approximate surface area is 123 Å². The predicted molar refractivity (Wildman–Crippen MR) is 73.6 cm³/mol. The molecule has 0 radical (unpaired) electrons. The highest BCUT2D eigenvalue weighted by Gasteiger charge is 2.36. The summed E-state index contributed by atoms with van der Waals surface area (Å²) in [4.78, 5) is 38.0. The molecule has 2 amide bonds. The molecular weight excluding hydrogens is 276 g/mol. The van der Waals surface area contributed by atoms with Crippen molar-refractivity contribution in [3.8, 4) is 0 Å². The number of amides is 2. The number of hydrogen-bond donors (Lipinski definition) is 1. The van der Waals surface area contributed by atoms with Crippen LogP contribution in [0.15, 0.2) is 0 Å². The molecule has 2 rings (SSSR count). The number of ether oxygens (including phenoxy) is 1. The Morgan fingerprint density at radius 2 is 2.00 bits per heavy atom. The molecule has 2 heterocycles. The number of rotatable bonds is 5. The number of carbonyl (C=O) groups is 3. The molecule has 0 bridgehead atoms. The smallest absolute Gasteiger partial charge is 0.329 e. The predicted octanol–water partition coefficient (Wildman–Crippen LogP) is -0.0530. The lowest BCUT2D eigenvalue weighted by Crippen LogP contribution is -2.44. The summed E-state index contributed by atoms with van der Waals surface area (Å²) < 4.78 is 5.25. The number of aliphatic carboxylic acids is 1. The van der Waals surface area contributed by atoms with E-state index in [2.05, 4.69) is 0 Å². The largest absolute Gasteiger partial charge is 0.480 e. The molecule has 0 aliphatic carbocycles. The second-order valence-corrected chi connectivity index (χ2v) is 5.56. The fourth-order valence-corrected chi connectivity index (χ4v) is 2.93.